The number of halogens is 1. The van der Waals surface area contributed by atoms with Crippen LogP contribution < -0.4 is 11.1 Å². The maximum atomic E-state index is 11.3. The zero-order valence-electron chi connectivity index (χ0n) is 9.31. The molecule has 0 aromatic heterocycles. The van der Waals surface area contributed by atoms with Crippen molar-refractivity contribution in [1.82, 2.24) is 5.32 Å². The van der Waals surface area contributed by atoms with E-state index in [1.54, 1.807) is 0 Å². The first-order chi connectivity index (χ1) is 6.92. The highest BCUT2D eigenvalue weighted by molar-refractivity contribution is 7.91. The predicted molar refractivity (Wildman–Crippen MR) is 65.3 cm³/mol. The largest absolute Gasteiger partial charge is 0.352 e. The molecule has 16 heavy (non-hydrogen) atoms. The van der Waals surface area contributed by atoms with E-state index in [4.69, 9.17) is 5.73 Å². The maximum absolute atomic E-state index is 11.3. The molecule has 3 N–H and O–H groups in total. The van der Waals surface area contributed by atoms with E-state index in [-0.39, 0.29) is 18.4 Å². The van der Waals surface area contributed by atoms with Crippen molar-refractivity contribution in [2.45, 2.75) is 25.3 Å². The summed E-state index contributed by atoms with van der Waals surface area (Å²) in [5.74, 6) is -0.544. The molecule has 1 aliphatic carbocycles. The summed E-state index contributed by atoms with van der Waals surface area (Å²) in [5, 5.41) is 2.74. The molecule has 1 saturated carbocycles. The number of rotatable bonds is 4. The third-order valence-corrected chi connectivity index (χ3v) is 3.49. The molecule has 2 atom stereocenters. The van der Waals surface area contributed by atoms with Crippen molar-refractivity contribution < 1.29 is 13.2 Å². The number of sulfone groups is 1. The van der Waals surface area contributed by atoms with E-state index < -0.39 is 21.5 Å². The molecule has 0 aliphatic heterocycles. The lowest BCUT2D eigenvalue weighted by molar-refractivity contribution is -0.119. The standard InChI is InChI=1S/C9H18N2O3S.ClH/c1-15(13,14)6-9(12)11-8-4-2-3-7(8)5-10;/h7-8H,2-6,10H2,1H3,(H,11,12);1H. The fourth-order valence-corrected chi connectivity index (χ4v) is 2.56. The van der Waals surface area contributed by atoms with E-state index >= 15 is 0 Å². The summed E-state index contributed by atoms with van der Waals surface area (Å²) in [6, 6.07) is 0.0595. The minimum Gasteiger partial charge on any atom is -0.352 e. The molecule has 0 heterocycles. The quantitative estimate of drug-likeness (QED) is 0.734. The van der Waals surface area contributed by atoms with Crippen molar-refractivity contribution in [1.29, 1.82) is 0 Å². The fourth-order valence-electron chi connectivity index (χ4n) is 2.00. The van der Waals surface area contributed by atoms with Gasteiger partial charge in [0.1, 0.15) is 5.75 Å². The normalized spacial score (nSPS) is 24.9. The highest BCUT2D eigenvalue weighted by Gasteiger charge is 2.27. The van der Waals surface area contributed by atoms with Crippen LogP contribution >= 0.6 is 12.4 Å². The Kier molecular flexibility index (Phi) is 6.28. The van der Waals surface area contributed by atoms with Gasteiger partial charge in [-0.15, -0.1) is 12.4 Å². The summed E-state index contributed by atoms with van der Waals surface area (Å²) >= 11 is 0. The summed E-state index contributed by atoms with van der Waals surface area (Å²) in [4.78, 5) is 11.3. The van der Waals surface area contributed by atoms with E-state index in [9.17, 15) is 13.2 Å². The van der Waals surface area contributed by atoms with Crippen molar-refractivity contribution in [2.75, 3.05) is 18.6 Å². The Labute approximate surface area is 102 Å². The van der Waals surface area contributed by atoms with Crippen LogP contribution in [-0.4, -0.2) is 38.9 Å². The SMILES string of the molecule is CS(=O)(=O)CC(=O)NC1CCCC1CN.Cl. The van der Waals surface area contributed by atoms with Gasteiger partial charge in [-0.25, -0.2) is 8.42 Å². The molecule has 0 bridgehead atoms. The van der Waals surface area contributed by atoms with Crippen LogP contribution in [0.4, 0.5) is 0 Å². The zero-order valence-corrected chi connectivity index (χ0v) is 10.9. The average molecular weight is 271 g/mol. The molecule has 0 aromatic carbocycles. The van der Waals surface area contributed by atoms with Crippen LogP contribution in [0.1, 0.15) is 19.3 Å². The molecule has 1 fully saturated rings. The van der Waals surface area contributed by atoms with Gasteiger partial charge in [0.25, 0.3) is 0 Å². The lowest BCUT2D eigenvalue weighted by Gasteiger charge is -2.19. The summed E-state index contributed by atoms with van der Waals surface area (Å²) < 4.78 is 21.8. The highest BCUT2D eigenvalue weighted by Crippen LogP contribution is 2.24. The van der Waals surface area contributed by atoms with E-state index in [0.29, 0.717) is 12.5 Å². The van der Waals surface area contributed by atoms with Crippen molar-refractivity contribution in [3.63, 3.8) is 0 Å². The van der Waals surface area contributed by atoms with Crippen molar-refractivity contribution in [3.8, 4) is 0 Å². The van der Waals surface area contributed by atoms with Gasteiger partial charge in [-0.3, -0.25) is 4.79 Å². The van der Waals surface area contributed by atoms with Crippen LogP contribution in [0.5, 0.6) is 0 Å². The fraction of sp³-hybridized carbons (Fsp3) is 0.889. The van der Waals surface area contributed by atoms with Gasteiger partial charge in [-0.2, -0.15) is 0 Å². The van der Waals surface area contributed by atoms with E-state index in [1.165, 1.54) is 0 Å². The molecule has 1 amide bonds. The molecular weight excluding hydrogens is 252 g/mol. The van der Waals surface area contributed by atoms with Crippen LogP contribution in [0.15, 0.2) is 0 Å². The molecule has 1 aliphatic rings. The second kappa shape index (κ2) is 6.42. The first kappa shape index (κ1) is 15.7. The summed E-state index contributed by atoms with van der Waals surface area (Å²) in [6.45, 7) is 0.545. The molecule has 0 aromatic rings. The third-order valence-electron chi connectivity index (χ3n) is 2.70. The lowest BCUT2D eigenvalue weighted by Crippen LogP contribution is -2.42. The molecule has 5 nitrogen and oxygen atoms in total. The molecule has 0 spiro atoms. The van der Waals surface area contributed by atoms with Gasteiger partial charge in [-0.05, 0) is 25.3 Å². The summed E-state index contributed by atoms with van der Waals surface area (Å²) in [5.41, 5.74) is 5.56. The van der Waals surface area contributed by atoms with Gasteiger partial charge >= 0.3 is 0 Å². The van der Waals surface area contributed by atoms with Gasteiger partial charge in [0.15, 0.2) is 9.84 Å². The molecule has 96 valence electrons. The molecule has 2 unspecified atom stereocenters. The number of hydrogen-bond acceptors (Lipinski definition) is 4. The molecule has 0 saturated heterocycles. The number of nitrogens with two attached hydrogens (primary N) is 1. The van der Waals surface area contributed by atoms with Gasteiger partial charge in [-0.1, -0.05) is 6.42 Å². The molecule has 0 radical (unpaired) electrons. The smallest absolute Gasteiger partial charge is 0.235 e. The number of hydrogen-bond donors (Lipinski definition) is 2. The average Bonchev–Trinajstić information content (AvgIpc) is 2.48. The number of carbonyl (C=O) groups excluding carboxylic acids is 1. The van der Waals surface area contributed by atoms with Crippen molar-refractivity contribution in [3.05, 3.63) is 0 Å². The maximum Gasteiger partial charge on any atom is 0.235 e. The van der Waals surface area contributed by atoms with Crippen molar-refractivity contribution in [2.24, 2.45) is 11.7 Å². The van der Waals surface area contributed by atoms with Crippen molar-refractivity contribution >= 4 is 28.2 Å². The topological polar surface area (TPSA) is 89.3 Å². The van der Waals surface area contributed by atoms with Gasteiger partial charge in [0.2, 0.25) is 5.91 Å². The Morgan fingerprint density at radius 2 is 2.06 bits per heavy atom. The van der Waals surface area contributed by atoms with Gasteiger partial charge in [0, 0.05) is 12.3 Å². The predicted octanol–water partition coefficient (Wildman–Crippen LogP) is -0.304. The van der Waals surface area contributed by atoms with Gasteiger partial charge in [0.05, 0.1) is 0 Å². The van der Waals surface area contributed by atoms with E-state index in [0.717, 1.165) is 25.5 Å². The Balaban J connectivity index is 0.00000225. The van der Waals surface area contributed by atoms with Crippen LogP contribution in [0.3, 0.4) is 0 Å². The molecule has 7 heteroatoms. The number of amides is 1. The Morgan fingerprint density at radius 3 is 2.56 bits per heavy atom. The first-order valence-electron chi connectivity index (χ1n) is 5.09. The summed E-state index contributed by atoms with van der Waals surface area (Å²) in [7, 11) is -3.23. The third kappa shape index (κ3) is 5.14. The first-order valence-corrected chi connectivity index (χ1v) is 7.15. The van der Waals surface area contributed by atoms with E-state index in [1.807, 2.05) is 0 Å². The van der Waals surface area contributed by atoms with Crippen LogP contribution in [0.25, 0.3) is 0 Å². The monoisotopic (exact) mass is 270 g/mol. The Hall–Kier alpha value is -0.330. The number of carbonyl (C=O) groups is 1. The molecular formula is C9H19ClN2O3S. The number of nitrogens with one attached hydrogen (secondary N) is 1. The van der Waals surface area contributed by atoms with Gasteiger partial charge < -0.3 is 11.1 Å². The van der Waals surface area contributed by atoms with Crippen LogP contribution in [-0.2, 0) is 14.6 Å². The second-order valence-electron chi connectivity index (χ2n) is 4.17. The lowest BCUT2D eigenvalue weighted by atomic mass is 10.0. The summed E-state index contributed by atoms with van der Waals surface area (Å²) in [6.07, 6.45) is 4.02. The molecule has 1 rings (SSSR count). The Bertz CT molecular complexity index is 332. The minimum absolute atomic E-state index is 0. The van der Waals surface area contributed by atoms with Crippen LogP contribution in [0.2, 0.25) is 0 Å². The van der Waals surface area contributed by atoms with Crippen LogP contribution in [0, 0.1) is 5.92 Å². The second-order valence-corrected chi connectivity index (χ2v) is 6.31. The van der Waals surface area contributed by atoms with E-state index in [2.05, 4.69) is 5.32 Å². The minimum atomic E-state index is -3.23. The zero-order chi connectivity index (χ0) is 11.5. The highest BCUT2D eigenvalue weighted by atomic mass is 35.5. The Morgan fingerprint density at radius 1 is 1.44 bits per heavy atom.